The molecule has 0 saturated heterocycles. The molecule has 1 aliphatic rings. The van der Waals surface area contributed by atoms with Crippen LogP contribution in [0, 0.1) is 0 Å². The number of hydrogen-bond donors (Lipinski definition) is 0. The number of ether oxygens (including phenoxy) is 1. The van der Waals surface area contributed by atoms with Crippen LogP contribution in [0.15, 0.2) is 112 Å². The highest BCUT2D eigenvalue weighted by Gasteiger charge is 2.43. The minimum absolute atomic E-state index is 0.0661. The zero-order valence-electron chi connectivity index (χ0n) is 19.8. The minimum atomic E-state index is -0.653. The van der Waals surface area contributed by atoms with Crippen LogP contribution in [0.5, 0.6) is 5.75 Å². The van der Waals surface area contributed by atoms with Crippen molar-refractivity contribution in [1.82, 2.24) is 4.90 Å². The second-order valence-electron chi connectivity index (χ2n) is 8.94. The van der Waals surface area contributed by atoms with Crippen LogP contribution in [0.3, 0.4) is 0 Å². The number of nitrogens with zero attached hydrogens (tertiary/aromatic N) is 1. The van der Waals surface area contributed by atoms with Crippen LogP contribution in [-0.2, 0) is 13.2 Å². The normalized spacial score (nSPS) is 14.7. The molecule has 0 fully saturated rings. The topological polar surface area (TPSA) is 59.8 Å². The molecule has 0 saturated carbocycles. The lowest BCUT2D eigenvalue weighted by atomic mass is 9.98. The number of amides is 1. The van der Waals surface area contributed by atoms with Gasteiger partial charge < -0.3 is 14.1 Å². The summed E-state index contributed by atoms with van der Waals surface area (Å²) in [6.45, 7) is 0.624. The van der Waals surface area contributed by atoms with Gasteiger partial charge in [-0.2, -0.15) is 0 Å². The van der Waals surface area contributed by atoms with E-state index in [1.54, 1.807) is 35.2 Å². The molecule has 37 heavy (non-hydrogen) atoms. The first-order valence-electron chi connectivity index (χ1n) is 12.0. The standard InChI is InChI=1S/C31H22ClNO4/c32-25-15-6-4-11-22(25)18-33-28(21-12-8-13-23(17-21)36-19-20-9-2-1-3-10-20)27-29(34)24-14-5-7-16-26(24)37-30(27)31(33)35/h1-17,28H,18-19H2. The highest BCUT2D eigenvalue weighted by Crippen LogP contribution is 2.40. The van der Waals surface area contributed by atoms with Crippen LogP contribution < -0.4 is 10.2 Å². The Hall–Kier alpha value is -4.35. The number of carbonyl (C=O) groups excluding carboxylic acids is 1. The number of rotatable bonds is 6. The predicted molar refractivity (Wildman–Crippen MR) is 143 cm³/mol. The monoisotopic (exact) mass is 507 g/mol. The van der Waals surface area contributed by atoms with Crippen molar-refractivity contribution in [2.24, 2.45) is 0 Å². The Morgan fingerprint density at radius 3 is 2.43 bits per heavy atom. The molecule has 0 N–H and O–H groups in total. The summed E-state index contributed by atoms with van der Waals surface area (Å²) in [4.78, 5) is 29.1. The summed E-state index contributed by atoms with van der Waals surface area (Å²) in [5.41, 5.74) is 3.08. The first-order valence-corrected chi connectivity index (χ1v) is 12.3. The third kappa shape index (κ3) is 4.28. The van der Waals surface area contributed by atoms with Gasteiger partial charge in [-0.3, -0.25) is 9.59 Å². The Morgan fingerprint density at radius 2 is 1.59 bits per heavy atom. The van der Waals surface area contributed by atoms with Crippen molar-refractivity contribution in [2.45, 2.75) is 19.2 Å². The van der Waals surface area contributed by atoms with E-state index >= 15 is 0 Å². The van der Waals surface area contributed by atoms with Gasteiger partial charge in [-0.25, -0.2) is 0 Å². The molecule has 0 radical (unpaired) electrons. The van der Waals surface area contributed by atoms with Gasteiger partial charge in [-0.15, -0.1) is 0 Å². The third-order valence-corrected chi connectivity index (χ3v) is 6.96. The molecule has 6 heteroatoms. The molecule has 1 unspecified atom stereocenters. The third-order valence-electron chi connectivity index (χ3n) is 6.59. The second-order valence-corrected chi connectivity index (χ2v) is 9.35. The van der Waals surface area contributed by atoms with Crippen molar-refractivity contribution in [2.75, 3.05) is 0 Å². The van der Waals surface area contributed by atoms with E-state index in [2.05, 4.69) is 0 Å². The van der Waals surface area contributed by atoms with E-state index < -0.39 is 6.04 Å². The molecule has 1 amide bonds. The molecule has 4 aromatic carbocycles. The van der Waals surface area contributed by atoms with Gasteiger partial charge in [0.15, 0.2) is 5.43 Å². The number of hydrogen-bond acceptors (Lipinski definition) is 4. The molecule has 0 bridgehead atoms. The lowest BCUT2D eigenvalue weighted by Gasteiger charge is -2.26. The fraction of sp³-hybridized carbons (Fsp3) is 0.0968. The van der Waals surface area contributed by atoms with Crippen LogP contribution >= 0.6 is 11.6 Å². The molecule has 5 nitrogen and oxygen atoms in total. The van der Waals surface area contributed by atoms with Crippen molar-refractivity contribution in [1.29, 1.82) is 0 Å². The number of halogens is 1. The quantitative estimate of drug-likeness (QED) is 0.254. The Balaban J connectivity index is 1.45. The average molecular weight is 508 g/mol. The van der Waals surface area contributed by atoms with Gasteiger partial charge in [-0.1, -0.05) is 84.4 Å². The lowest BCUT2D eigenvalue weighted by Crippen LogP contribution is -2.29. The van der Waals surface area contributed by atoms with E-state index in [1.165, 1.54) is 0 Å². The summed E-state index contributed by atoms with van der Waals surface area (Å²) in [7, 11) is 0. The first-order chi connectivity index (χ1) is 18.1. The Labute approximate surface area is 218 Å². The fourth-order valence-corrected chi connectivity index (χ4v) is 5.00. The van der Waals surface area contributed by atoms with Gasteiger partial charge >= 0.3 is 0 Å². The maximum absolute atomic E-state index is 13.7. The molecule has 6 rings (SSSR count). The van der Waals surface area contributed by atoms with E-state index in [-0.39, 0.29) is 23.6 Å². The van der Waals surface area contributed by atoms with Gasteiger partial charge in [0, 0.05) is 11.6 Å². The minimum Gasteiger partial charge on any atom is -0.489 e. The first kappa shape index (κ1) is 23.1. The van der Waals surface area contributed by atoms with Crippen molar-refractivity contribution < 1.29 is 13.9 Å². The fourth-order valence-electron chi connectivity index (χ4n) is 4.80. The van der Waals surface area contributed by atoms with Gasteiger partial charge in [0.25, 0.3) is 5.91 Å². The number of fused-ring (bicyclic) bond motifs is 2. The van der Waals surface area contributed by atoms with Gasteiger partial charge in [0.2, 0.25) is 5.76 Å². The average Bonchev–Trinajstić information content (AvgIpc) is 3.21. The van der Waals surface area contributed by atoms with Gasteiger partial charge in [0.1, 0.15) is 17.9 Å². The van der Waals surface area contributed by atoms with E-state index in [1.807, 2.05) is 72.8 Å². The zero-order valence-corrected chi connectivity index (χ0v) is 20.5. The number of benzene rings is 4. The predicted octanol–water partition coefficient (Wildman–Crippen LogP) is 6.77. The van der Waals surface area contributed by atoms with Crippen LogP contribution in [0.25, 0.3) is 11.0 Å². The summed E-state index contributed by atoms with van der Waals surface area (Å²) in [6, 6.07) is 31.1. The van der Waals surface area contributed by atoms with Crippen LogP contribution in [0.1, 0.15) is 38.9 Å². The summed E-state index contributed by atoms with van der Waals surface area (Å²) in [5, 5.41) is 0.990. The lowest BCUT2D eigenvalue weighted by molar-refractivity contribution is 0.0714. The molecule has 5 aromatic rings. The molecule has 1 aromatic heterocycles. The largest absolute Gasteiger partial charge is 0.489 e. The molecule has 0 spiro atoms. The molecule has 182 valence electrons. The maximum atomic E-state index is 13.7. The van der Waals surface area contributed by atoms with Crippen molar-refractivity contribution >= 4 is 28.5 Å². The van der Waals surface area contributed by atoms with Crippen LogP contribution in [0.4, 0.5) is 0 Å². The molecule has 0 aliphatic carbocycles. The Morgan fingerprint density at radius 1 is 0.838 bits per heavy atom. The Kier molecular flexibility index (Phi) is 5.99. The zero-order chi connectivity index (χ0) is 25.4. The summed E-state index contributed by atoms with van der Waals surface area (Å²) in [5.74, 6) is 0.361. The Bertz CT molecular complexity index is 1680. The number of para-hydroxylation sites is 1. The van der Waals surface area contributed by atoms with E-state index in [0.29, 0.717) is 33.9 Å². The molecule has 2 heterocycles. The van der Waals surface area contributed by atoms with Crippen molar-refractivity contribution in [3.63, 3.8) is 0 Å². The molecule has 1 atom stereocenters. The smallest absolute Gasteiger partial charge is 0.291 e. The van der Waals surface area contributed by atoms with E-state index in [9.17, 15) is 9.59 Å². The van der Waals surface area contributed by atoms with E-state index in [4.69, 9.17) is 20.8 Å². The van der Waals surface area contributed by atoms with Crippen molar-refractivity contribution in [3.8, 4) is 5.75 Å². The SMILES string of the molecule is O=C1c2oc3ccccc3c(=O)c2C(c2cccc(OCc3ccccc3)c2)N1Cc1ccccc1Cl. The van der Waals surface area contributed by atoms with Gasteiger partial charge in [-0.05, 0) is 47.0 Å². The van der Waals surface area contributed by atoms with Crippen molar-refractivity contribution in [3.05, 3.63) is 146 Å². The number of carbonyl (C=O) groups is 1. The highest BCUT2D eigenvalue weighted by molar-refractivity contribution is 6.31. The molecular weight excluding hydrogens is 486 g/mol. The van der Waals surface area contributed by atoms with Crippen LogP contribution in [0.2, 0.25) is 5.02 Å². The molecule has 1 aliphatic heterocycles. The van der Waals surface area contributed by atoms with Gasteiger partial charge in [0.05, 0.1) is 17.0 Å². The maximum Gasteiger partial charge on any atom is 0.291 e. The van der Waals surface area contributed by atoms with Crippen LogP contribution in [-0.4, -0.2) is 10.8 Å². The summed E-state index contributed by atoms with van der Waals surface area (Å²) in [6.07, 6.45) is 0. The highest BCUT2D eigenvalue weighted by atomic mass is 35.5. The summed E-state index contributed by atoms with van der Waals surface area (Å²) >= 11 is 6.45. The summed E-state index contributed by atoms with van der Waals surface area (Å²) < 4.78 is 12.1. The molecular formula is C31H22ClNO4. The van der Waals surface area contributed by atoms with E-state index in [0.717, 1.165) is 16.7 Å². The second kappa shape index (κ2) is 9.60.